The Hall–Kier alpha value is -4.01. The van der Waals surface area contributed by atoms with Crippen molar-refractivity contribution in [2.45, 2.75) is 17.0 Å². The average Bonchev–Trinajstić information content (AvgIpc) is 2.78. The summed E-state index contributed by atoms with van der Waals surface area (Å²) in [6.07, 6.45) is 0.647. The van der Waals surface area contributed by atoms with Crippen LogP contribution in [0.5, 0.6) is 0 Å². The van der Waals surface area contributed by atoms with E-state index in [1.54, 1.807) is 35.6 Å². The Labute approximate surface area is 219 Å². The zero-order valence-electron chi connectivity index (χ0n) is 19.2. The van der Waals surface area contributed by atoms with Crippen LogP contribution in [0, 0.1) is 34.9 Å². The van der Waals surface area contributed by atoms with E-state index in [9.17, 15) is 34.4 Å². The molecular formula is C23H20N4O8S3. The Morgan fingerprint density at radius 3 is 2.18 bits per heavy atom. The summed E-state index contributed by atoms with van der Waals surface area (Å²) in [7, 11) is -13.7. The predicted octanol–water partition coefficient (Wildman–Crippen LogP) is -0.182. The van der Waals surface area contributed by atoms with Crippen molar-refractivity contribution in [2.24, 2.45) is 5.14 Å². The molecule has 198 valence electrons. The maximum Gasteiger partial charge on any atom is 0.287 e. The van der Waals surface area contributed by atoms with Crippen molar-refractivity contribution in [2.75, 3.05) is 11.5 Å². The van der Waals surface area contributed by atoms with Crippen molar-refractivity contribution in [3.63, 3.8) is 0 Å². The van der Waals surface area contributed by atoms with Crippen molar-refractivity contribution in [1.29, 1.82) is 0 Å². The molecule has 0 spiro atoms. The van der Waals surface area contributed by atoms with E-state index in [1.165, 1.54) is 6.07 Å². The Balaban J connectivity index is 2.03. The predicted molar refractivity (Wildman–Crippen MR) is 142 cm³/mol. The van der Waals surface area contributed by atoms with Gasteiger partial charge in [0.25, 0.3) is 30.3 Å². The number of nitrogen functional groups attached to an aromatic ring is 2. The molecule has 12 nitrogen and oxygen atoms in total. The maximum absolute atomic E-state index is 11.7. The number of hydrogen-bond acceptors (Lipinski definition) is 9. The van der Waals surface area contributed by atoms with Gasteiger partial charge in [-0.05, 0) is 47.4 Å². The minimum Gasteiger partial charge on any atom is -0.399 e. The van der Waals surface area contributed by atoms with Crippen molar-refractivity contribution >= 4 is 41.6 Å². The fourth-order valence-corrected chi connectivity index (χ4v) is 5.98. The first kappa shape index (κ1) is 28.6. The van der Waals surface area contributed by atoms with Gasteiger partial charge in [0, 0.05) is 46.6 Å². The molecule has 1 heterocycles. The van der Waals surface area contributed by atoms with E-state index in [4.69, 9.17) is 16.6 Å². The zero-order valence-corrected chi connectivity index (χ0v) is 21.7. The number of nitrogens with two attached hydrogens (primary N) is 3. The minimum absolute atomic E-state index is 0.133. The van der Waals surface area contributed by atoms with E-state index >= 15 is 0 Å². The van der Waals surface area contributed by atoms with Crippen LogP contribution in [0.15, 0.2) is 48.2 Å². The van der Waals surface area contributed by atoms with Crippen LogP contribution in [-0.2, 0) is 30.3 Å². The minimum atomic E-state index is -4.87. The van der Waals surface area contributed by atoms with E-state index < -0.39 is 47.3 Å². The molecule has 9 N–H and O–H groups in total. The molecule has 0 amide bonds. The molecule has 0 fully saturated rings. The first-order valence-corrected chi connectivity index (χ1v) is 14.8. The van der Waals surface area contributed by atoms with Gasteiger partial charge in [0.05, 0.1) is 5.25 Å². The molecule has 2 atom stereocenters. The van der Waals surface area contributed by atoms with E-state index in [0.29, 0.717) is 33.6 Å². The third-order valence-corrected chi connectivity index (χ3v) is 7.88. The molecule has 1 aliphatic heterocycles. The summed E-state index contributed by atoms with van der Waals surface area (Å²) in [6.45, 7) is 0. The second-order valence-corrected chi connectivity index (χ2v) is 12.4. The highest BCUT2D eigenvalue weighted by Crippen LogP contribution is 2.29. The number of hydrogen-bond donors (Lipinski definition) is 6. The smallest absolute Gasteiger partial charge is 0.287 e. The lowest BCUT2D eigenvalue weighted by Crippen LogP contribution is -2.49. The fraction of sp³-hybridized carbons (Fsp3) is 0.130. The summed E-state index contributed by atoms with van der Waals surface area (Å²) in [5, 5.41) is 5.00. The van der Waals surface area contributed by atoms with Crippen molar-refractivity contribution in [3.8, 4) is 46.0 Å². The van der Waals surface area contributed by atoms with E-state index in [1.807, 2.05) is 0 Å². The molecule has 0 aliphatic carbocycles. The molecule has 0 radical (unpaired) electrons. The number of allylic oxidation sites excluding steroid dienone is 1. The van der Waals surface area contributed by atoms with Crippen molar-refractivity contribution in [1.82, 2.24) is 5.32 Å². The van der Waals surface area contributed by atoms with Crippen LogP contribution < -0.4 is 21.9 Å². The summed E-state index contributed by atoms with van der Waals surface area (Å²) >= 11 is 0. The first-order valence-electron chi connectivity index (χ1n) is 10.3. The lowest BCUT2D eigenvalue weighted by atomic mass is 9.96. The van der Waals surface area contributed by atoms with Crippen LogP contribution in [0.3, 0.4) is 0 Å². The molecule has 0 unspecified atom stereocenters. The molecule has 38 heavy (non-hydrogen) atoms. The number of rotatable bonds is 3. The molecule has 0 bridgehead atoms. The quantitative estimate of drug-likeness (QED) is 0.159. The maximum atomic E-state index is 11.7. The SMILES string of the molecule is Nc1cc(C#CC#CS(N)(=O)=O)cc(-c2ccc(N)cc2C#CC2=CN[C@H](S(=O)(=O)O)[C@H](S(=O)(=O)O)C2)c1. The standard InChI is InChI=1S/C23H20N4O8S3/c24-19-6-7-21(18-9-15(10-20(25)13-18)3-1-2-8-36(26,28)29)17(12-19)5-4-16-11-22(37(30,31)32)23(27-14-16)38(33,34)35/h6-7,9-10,12-14,22-23,27H,11,24-25H2,(H2,26,28,29)(H,30,31,32)(H,33,34,35)/t22-,23-/m1/s1. The molecule has 15 heteroatoms. The van der Waals surface area contributed by atoms with Crippen LogP contribution in [0.25, 0.3) is 11.1 Å². The highest BCUT2D eigenvalue weighted by Gasteiger charge is 2.42. The third kappa shape index (κ3) is 7.74. The van der Waals surface area contributed by atoms with Crippen molar-refractivity contribution in [3.05, 3.63) is 59.3 Å². The van der Waals surface area contributed by atoms with E-state index in [-0.39, 0.29) is 5.57 Å². The monoisotopic (exact) mass is 576 g/mol. The molecule has 0 aromatic heterocycles. The van der Waals surface area contributed by atoms with Crippen LogP contribution in [0.4, 0.5) is 11.4 Å². The average molecular weight is 577 g/mol. The lowest BCUT2D eigenvalue weighted by molar-refractivity contribution is 0.424. The highest BCUT2D eigenvalue weighted by molar-refractivity contribution is 7.93. The van der Waals surface area contributed by atoms with Gasteiger partial charge in [0.2, 0.25) is 0 Å². The first-order chi connectivity index (χ1) is 17.5. The second-order valence-electron chi connectivity index (χ2n) is 7.95. The number of primary sulfonamides is 1. The molecule has 3 rings (SSSR count). The van der Waals surface area contributed by atoms with Gasteiger partial charge < -0.3 is 16.8 Å². The second kappa shape index (κ2) is 10.8. The number of sulfonamides is 1. The Bertz CT molecular complexity index is 1850. The van der Waals surface area contributed by atoms with E-state index in [0.717, 1.165) is 6.20 Å². The van der Waals surface area contributed by atoms with Gasteiger partial charge in [-0.15, -0.1) is 0 Å². The molecule has 0 saturated carbocycles. The number of benzene rings is 2. The van der Waals surface area contributed by atoms with Gasteiger partial charge in [0.15, 0.2) is 5.37 Å². The Morgan fingerprint density at radius 2 is 1.55 bits per heavy atom. The van der Waals surface area contributed by atoms with Gasteiger partial charge >= 0.3 is 0 Å². The summed E-state index contributed by atoms with van der Waals surface area (Å²) in [4.78, 5) is 0. The van der Waals surface area contributed by atoms with Gasteiger partial charge in [0.1, 0.15) is 5.25 Å². The zero-order chi connectivity index (χ0) is 28.3. The topological polar surface area (TPSA) is 233 Å². The molecule has 1 aliphatic rings. The Morgan fingerprint density at radius 1 is 0.842 bits per heavy atom. The van der Waals surface area contributed by atoms with Crippen LogP contribution in [0.1, 0.15) is 17.5 Å². The van der Waals surface area contributed by atoms with E-state index in [2.05, 4.69) is 34.9 Å². The van der Waals surface area contributed by atoms with Crippen LogP contribution in [-0.4, -0.2) is 45.0 Å². The Kier molecular flexibility index (Phi) is 8.09. The largest absolute Gasteiger partial charge is 0.399 e. The number of nitrogens with one attached hydrogen (secondary N) is 1. The third-order valence-electron chi connectivity index (χ3n) is 5.01. The van der Waals surface area contributed by atoms with Crippen LogP contribution in [0.2, 0.25) is 0 Å². The lowest BCUT2D eigenvalue weighted by Gasteiger charge is -2.26. The normalized spacial score (nSPS) is 17.3. The van der Waals surface area contributed by atoms with Gasteiger partial charge in [-0.3, -0.25) is 9.11 Å². The van der Waals surface area contributed by atoms with Gasteiger partial charge in [-0.25, -0.2) is 5.14 Å². The van der Waals surface area contributed by atoms with Crippen molar-refractivity contribution < 1.29 is 34.4 Å². The molecular weight excluding hydrogens is 556 g/mol. The summed E-state index contributed by atoms with van der Waals surface area (Å²) in [5.74, 6) is 12.7. The molecule has 2 aromatic rings. The summed E-state index contributed by atoms with van der Waals surface area (Å²) < 4.78 is 87.1. The van der Waals surface area contributed by atoms with Crippen LogP contribution >= 0.6 is 0 Å². The summed E-state index contributed by atoms with van der Waals surface area (Å²) in [5.41, 5.74) is 14.7. The highest BCUT2D eigenvalue weighted by atomic mass is 32.2. The molecule has 2 aromatic carbocycles. The van der Waals surface area contributed by atoms with Gasteiger partial charge in [-0.1, -0.05) is 23.8 Å². The molecule has 0 saturated heterocycles. The summed E-state index contributed by atoms with van der Waals surface area (Å²) in [6, 6.07) is 9.63. The fourth-order valence-electron chi connectivity index (χ4n) is 3.44. The van der Waals surface area contributed by atoms with Gasteiger partial charge in [-0.2, -0.15) is 25.3 Å². The number of anilines is 2.